The second-order valence-electron chi connectivity index (χ2n) is 8.16. The minimum absolute atomic E-state index is 0.0247. The molecule has 0 radical (unpaired) electrons. The molecule has 32 heavy (non-hydrogen) atoms. The van der Waals surface area contributed by atoms with E-state index in [1.165, 1.54) is 7.11 Å². The van der Waals surface area contributed by atoms with E-state index in [0.717, 1.165) is 22.3 Å². The molecular formula is C24H26N2O6. The van der Waals surface area contributed by atoms with E-state index < -0.39 is 29.9 Å². The minimum atomic E-state index is -0.933. The molecule has 2 aliphatic carbocycles. The zero-order valence-corrected chi connectivity index (χ0v) is 17.7. The van der Waals surface area contributed by atoms with Crippen LogP contribution in [0.4, 0.5) is 4.79 Å². The fraction of sp³-hybridized carbons (Fsp3) is 0.375. The van der Waals surface area contributed by atoms with Gasteiger partial charge in [-0.05, 0) is 34.6 Å². The normalized spacial score (nSPS) is 19.4. The number of fused-ring (bicyclic) bond motifs is 3. The van der Waals surface area contributed by atoms with Gasteiger partial charge in [-0.2, -0.15) is 0 Å². The van der Waals surface area contributed by atoms with Crippen molar-refractivity contribution in [1.82, 2.24) is 10.6 Å². The summed E-state index contributed by atoms with van der Waals surface area (Å²) in [4.78, 5) is 35.8. The second-order valence-corrected chi connectivity index (χ2v) is 8.16. The van der Waals surface area contributed by atoms with Crippen molar-refractivity contribution < 1.29 is 29.0 Å². The third-order valence-corrected chi connectivity index (χ3v) is 6.06. The summed E-state index contributed by atoms with van der Waals surface area (Å²) >= 11 is 0. The van der Waals surface area contributed by atoms with Crippen LogP contribution >= 0.6 is 0 Å². The van der Waals surface area contributed by atoms with E-state index >= 15 is 0 Å². The molecule has 0 saturated heterocycles. The SMILES string of the molecule is COC[C@H](NC(=O)OCC1c2ccccc2-c2ccccc21)C(=O)NCC1CC1C(=O)O. The highest BCUT2D eigenvalue weighted by Crippen LogP contribution is 2.44. The predicted octanol–water partition coefficient (Wildman–Crippen LogP) is 2.38. The standard InChI is InChI=1S/C24H26N2O6/c1-31-13-21(22(27)25-11-14-10-19(14)23(28)29)26-24(30)32-12-20-17-8-4-2-6-15(17)16-7-3-5-9-18(16)20/h2-9,14,19-21H,10-13H2,1H3,(H,25,27)(H,26,30)(H,28,29)/t14?,19?,21-/m0/s1. The molecule has 3 N–H and O–H groups in total. The van der Waals surface area contributed by atoms with Crippen molar-refractivity contribution in [3.05, 3.63) is 59.7 Å². The topological polar surface area (TPSA) is 114 Å². The largest absolute Gasteiger partial charge is 0.481 e. The van der Waals surface area contributed by atoms with E-state index in [2.05, 4.69) is 22.8 Å². The lowest BCUT2D eigenvalue weighted by atomic mass is 9.98. The van der Waals surface area contributed by atoms with Gasteiger partial charge in [0.15, 0.2) is 0 Å². The number of methoxy groups -OCH3 is 1. The van der Waals surface area contributed by atoms with E-state index in [9.17, 15) is 14.4 Å². The van der Waals surface area contributed by atoms with E-state index in [1.807, 2.05) is 36.4 Å². The first kappa shape index (κ1) is 21.8. The van der Waals surface area contributed by atoms with Crippen LogP contribution in [0.2, 0.25) is 0 Å². The van der Waals surface area contributed by atoms with Gasteiger partial charge in [-0.25, -0.2) is 4.79 Å². The molecule has 0 aromatic heterocycles. The minimum Gasteiger partial charge on any atom is -0.481 e. The van der Waals surface area contributed by atoms with Crippen molar-refractivity contribution in [2.24, 2.45) is 11.8 Å². The van der Waals surface area contributed by atoms with Crippen molar-refractivity contribution in [2.75, 3.05) is 26.9 Å². The molecule has 168 valence electrons. The van der Waals surface area contributed by atoms with Gasteiger partial charge in [-0.1, -0.05) is 48.5 Å². The van der Waals surface area contributed by atoms with Gasteiger partial charge in [0.1, 0.15) is 12.6 Å². The zero-order valence-electron chi connectivity index (χ0n) is 17.7. The molecule has 3 atom stereocenters. The highest BCUT2D eigenvalue weighted by Gasteiger charge is 2.43. The molecule has 2 unspecified atom stereocenters. The Labute approximate surface area is 185 Å². The highest BCUT2D eigenvalue weighted by atomic mass is 16.5. The van der Waals surface area contributed by atoms with Crippen LogP contribution in [0.25, 0.3) is 11.1 Å². The molecule has 4 rings (SSSR count). The van der Waals surface area contributed by atoms with E-state index in [1.54, 1.807) is 0 Å². The monoisotopic (exact) mass is 438 g/mol. The second kappa shape index (κ2) is 9.40. The predicted molar refractivity (Wildman–Crippen MR) is 116 cm³/mol. The number of rotatable bonds is 9. The van der Waals surface area contributed by atoms with Gasteiger partial charge in [0.05, 0.1) is 12.5 Å². The zero-order chi connectivity index (χ0) is 22.7. The van der Waals surface area contributed by atoms with Crippen molar-refractivity contribution >= 4 is 18.0 Å². The number of aliphatic carboxylic acids is 1. The molecule has 8 heteroatoms. The molecule has 0 bridgehead atoms. The quantitative estimate of drug-likeness (QED) is 0.554. The number of carbonyl (C=O) groups is 3. The number of hydrogen-bond acceptors (Lipinski definition) is 5. The molecule has 2 aliphatic rings. The maximum atomic E-state index is 12.5. The summed E-state index contributed by atoms with van der Waals surface area (Å²) in [7, 11) is 1.43. The van der Waals surface area contributed by atoms with Crippen LogP contribution in [0, 0.1) is 11.8 Å². The first-order valence-corrected chi connectivity index (χ1v) is 10.6. The fourth-order valence-electron chi connectivity index (χ4n) is 4.26. The Morgan fingerprint density at radius 2 is 1.69 bits per heavy atom. The Morgan fingerprint density at radius 1 is 1.06 bits per heavy atom. The van der Waals surface area contributed by atoms with Crippen LogP contribution in [-0.4, -0.2) is 56.0 Å². The Bertz CT molecular complexity index is 978. The van der Waals surface area contributed by atoms with Crippen LogP contribution in [0.3, 0.4) is 0 Å². The van der Waals surface area contributed by atoms with Crippen LogP contribution in [-0.2, 0) is 19.1 Å². The average molecular weight is 438 g/mol. The summed E-state index contributed by atoms with van der Waals surface area (Å²) in [5, 5.41) is 14.2. The molecule has 0 spiro atoms. The lowest BCUT2D eigenvalue weighted by molar-refractivity contribution is -0.139. The van der Waals surface area contributed by atoms with Gasteiger partial charge in [0.2, 0.25) is 5.91 Å². The van der Waals surface area contributed by atoms with Crippen molar-refractivity contribution in [3.8, 4) is 11.1 Å². The van der Waals surface area contributed by atoms with E-state index in [-0.39, 0.29) is 31.6 Å². The average Bonchev–Trinajstić information content (AvgIpc) is 3.51. The van der Waals surface area contributed by atoms with Crippen molar-refractivity contribution in [1.29, 1.82) is 0 Å². The summed E-state index contributed by atoms with van der Waals surface area (Å²) < 4.78 is 10.5. The first-order chi connectivity index (χ1) is 15.5. The van der Waals surface area contributed by atoms with Crippen molar-refractivity contribution in [3.63, 3.8) is 0 Å². The number of benzene rings is 2. The molecule has 1 saturated carbocycles. The number of carbonyl (C=O) groups excluding carboxylic acids is 2. The van der Waals surface area contributed by atoms with Crippen LogP contribution < -0.4 is 10.6 Å². The van der Waals surface area contributed by atoms with Gasteiger partial charge in [-0.15, -0.1) is 0 Å². The summed E-state index contributed by atoms with van der Waals surface area (Å²) in [5.74, 6) is -1.85. The first-order valence-electron chi connectivity index (χ1n) is 10.6. The molecule has 8 nitrogen and oxygen atoms in total. The van der Waals surface area contributed by atoms with Gasteiger partial charge in [0.25, 0.3) is 0 Å². The van der Waals surface area contributed by atoms with Crippen molar-refractivity contribution in [2.45, 2.75) is 18.4 Å². The van der Waals surface area contributed by atoms with Crippen LogP contribution in [0.1, 0.15) is 23.5 Å². The molecule has 2 amide bonds. The smallest absolute Gasteiger partial charge is 0.407 e. The number of alkyl carbamates (subject to hydrolysis) is 1. The Balaban J connectivity index is 1.33. The number of hydrogen-bond donors (Lipinski definition) is 3. The molecular weight excluding hydrogens is 412 g/mol. The molecule has 0 aliphatic heterocycles. The summed E-state index contributed by atoms with van der Waals surface area (Å²) in [5.41, 5.74) is 4.47. The maximum Gasteiger partial charge on any atom is 0.407 e. The van der Waals surface area contributed by atoms with Gasteiger partial charge >= 0.3 is 12.1 Å². The molecule has 2 aromatic rings. The Kier molecular flexibility index (Phi) is 6.41. The number of ether oxygens (including phenoxy) is 2. The number of carboxylic acids is 1. The lowest BCUT2D eigenvalue weighted by Gasteiger charge is -2.19. The number of nitrogens with one attached hydrogen (secondary N) is 2. The Hall–Kier alpha value is -3.39. The molecule has 0 heterocycles. The van der Waals surface area contributed by atoms with Gasteiger partial charge in [-0.3, -0.25) is 9.59 Å². The summed E-state index contributed by atoms with van der Waals surface area (Å²) in [6.45, 7) is 0.370. The third kappa shape index (κ3) is 4.60. The van der Waals surface area contributed by atoms with E-state index in [4.69, 9.17) is 14.6 Å². The summed E-state index contributed by atoms with van der Waals surface area (Å²) in [6, 6.07) is 15.1. The highest BCUT2D eigenvalue weighted by molar-refractivity contribution is 5.86. The molecule has 2 aromatic carbocycles. The van der Waals surface area contributed by atoms with Gasteiger partial charge in [0, 0.05) is 19.6 Å². The number of carboxylic acid groups (broad SMARTS) is 1. The third-order valence-electron chi connectivity index (χ3n) is 6.06. The van der Waals surface area contributed by atoms with Crippen LogP contribution in [0.5, 0.6) is 0 Å². The Morgan fingerprint density at radius 3 is 2.25 bits per heavy atom. The summed E-state index contributed by atoms with van der Waals surface area (Å²) in [6.07, 6.45) is -0.163. The van der Waals surface area contributed by atoms with Crippen LogP contribution in [0.15, 0.2) is 48.5 Å². The maximum absolute atomic E-state index is 12.5. The molecule has 1 fully saturated rings. The van der Waals surface area contributed by atoms with E-state index in [0.29, 0.717) is 6.42 Å². The van der Waals surface area contributed by atoms with Gasteiger partial charge < -0.3 is 25.2 Å². The number of amides is 2. The fourth-order valence-corrected chi connectivity index (χ4v) is 4.26. The lowest BCUT2D eigenvalue weighted by Crippen LogP contribution is -2.50.